The third kappa shape index (κ3) is 5.03. The summed E-state index contributed by atoms with van der Waals surface area (Å²) in [6.07, 6.45) is -1.50. The van der Waals surface area contributed by atoms with Gasteiger partial charge in [0.15, 0.2) is 0 Å². The van der Waals surface area contributed by atoms with Gasteiger partial charge in [-0.05, 0) is 57.0 Å². The number of aromatic nitrogens is 1. The van der Waals surface area contributed by atoms with Crippen LogP contribution in [0.5, 0.6) is 0 Å². The van der Waals surface area contributed by atoms with Gasteiger partial charge >= 0.3 is 6.18 Å². The van der Waals surface area contributed by atoms with E-state index in [-0.39, 0.29) is 22.5 Å². The standard InChI is InChI=1S/C24H24F4N4O3/c1-12-18(20(33)22(35)31-23(3,4)14-8-9-29-11-14)13(2)32(5)19(12)21(34)30-15-6-7-17(25)16(10-15)24(26,27)28/h6-8,10-11H,9H2,1-5H3,(H,30,34)(H,31,35). The summed E-state index contributed by atoms with van der Waals surface area (Å²) in [6.45, 7) is 6.94. The molecule has 1 aromatic carbocycles. The van der Waals surface area contributed by atoms with Crippen LogP contribution in [0.15, 0.2) is 34.8 Å². The maximum Gasteiger partial charge on any atom is 0.419 e. The monoisotopic (exact) mass is 492 g/mol. The van der Waals surface area contributed by atoms with Crippen LogP contribution < -0.4 is 10.6 Å². The molecular weight excluding hydrogens is 468 g/mol. The first-order valence-electron chi connectivity index (χ1n) is 10.6. The number of carbonyl (C=O) groups is 3. The van der Waals surface area contributed by atoms with E-state index in [4.69, 9.17) is 0 Å². The van der Waals surface area contributed by atoms with Gasteiger partial charge in [-0.1, -0.05) is 6.08 Å². The molecule has 0 saturated heterocycles. The fourth-order valence-electron chi connectivity index (χ4n) is 3.94. The van der Waals surface area contributed by atoms with Crippen LogP contribution in [0.4, 0.5) is 23.2 Å². The first-order valence-corrected chi connectivity index (χ1v) is 10.6. The number of Topliss-reactive ketones (excluding diaryl/α,β-unsaturated/α-hetero) is 1. The van der Waals surface area contributed by atoms with Gasteiger partial charge in [0.05, 0.1) is 23.2 Å². The zero-order valence-corrected chi connectivity index (χ0v) is 19.7. The van der Waals surface area contributed by atoms with Gasteiger partial charge in [0.2, 0.25) is 0 Å². The Morgan fingerprint density at radius 2 is 1.77 bits per heavy atom. The molecule has 186 valence electrons. The number of carbonyl (C=O) groups excluding carboxylic acids is 3. The largest absolute Gasteiger partial charge is 0.419 e. The lowest BCUT2D eigenvalue weighted by Crippen LogP contribution is -2.48. The summed E-state index contributed by atoms with van der Waals surface area (Å²) in [5.41, 5.74) is -1.42. The molecule has 2 heterocycles. The Kier molecular flexibility index (Phi) is 6.74. The van der Waals surface area contributed by atoms with Crippen molar-refractivity contribution in [3.8, 4) is 0 Å². The zero-order chi connectivity index (χ0) is 26.3. The number of hydrogen-bond donors (Lipinski definition) is 2. The third-order valence-electron chi connectivity index (χ3n) is 5.90. The second-order valence-electron chi connectivity index (χ2n) is 8.70. The Balaban J connectivity index is 1.88. The molecule has 3 rings (SSSR count). The fraction of sp³-hybridized carbons (Fsp3) is 0.333. The summed E-state index contributed by atoms with van der Waals surface area (Å²) in [5, 5.41) is 4.98. The molecule has 35 heavy (non-hydrogen) atoms. The van der Waals surface area contributed by atoms with Crippen LogP contribution in [0.1, 0.15) is 51.5 Å². The summed E-state index contributed by atoms with van der Waals surface area (Å²) in [7, 11) is 1.49. The van der Waals surface area contributed by atoms with Gasteiger partial charge in [0.25, 0.3) is 17.6 Å². The van der Waals surface area contributed by atoms with Crippen LogP contribution in [-0.4, -0.2) is 40.5 Å². The summed E-state index contributed by atoms with van der Waals surface area (Å²) < 4.78 is 54.0. The van der Waals surface area contributed by atoms with Gasteiger partial charge < -0.3 is 15.2 Å². The summed E-state index contributed by atoms with van der Waals surface area (Å²) in [5.74, 6) is -4.03. The molecule has 11 heteroatoms. The molecule has 2 amide bonds. The van der Waals surface area contributed by atoms with Crippen LogP contribution in [0, 0.1) is 19.7 Å². The summed E-state index contributed by atoms with van der Waals surface area (Å²) in [6, 6.07) is 2.09. The minimum absolute atomic E-state index is 0.00936. The normalized spacial score (nSPS) is 13.6. The van der Waals surface area contributed by atoms with Crippen LogP contribution >= 0.6 is 0 Å². The van der Waals surface area contributed by atoms with Gasteiger partial charge in [-0.15, -0.1) is 0 Å². The predicted molar refractivity (Wildman–Crippen MR) is 122 cm³/mol. The van der Waals surface area contributed by atoms with E-state index in [2.05, 4.69) is 15.6 Å². The highest BCUT2D eigenvalue weighted by atomic mass is 19.4. The number of benzene rings is 1. The van der Waals surface area contributed by atoms with Crippen LogP contribution in [0.25, 0.3) is 0 Å². The van der Waals surface area contributed by atoms with Crippen LogP contribution in [0.2, 0.25) is 0 Å². The molecule has 1 aliphatic heterocycles. The second-order valence-corrected chi connectivity index (χ2v) is 8.70. The number of amides is 2. The number of halogens is 4. The number of rotatable bonds is 6. The highest BCUT2D eigenvalue weighted by molar-refractivity contribution is 6.44. The van der Waals surface area contributed by atoms with E-state index in [0.717, 1.165) is 11.6 Å². The average molecular weight is 492 g/mol. The number of ketones is 1. The van der Waals surface area contributed by atoms with Crippen LogP contribution in [0.3, 0.4) is 0 Å². The van der Waals surface area contributed by atoms with Crippen molar-refractivity contribution >= 4 is 29.5 Å². The van der Waals surface area contributed by atoms with E-state index in [1.165, 1.54) is 18.5 Å². The number of alkyl halides is 3. The van der Waals surface area contributed by atoms with Gasteiger partial charge in [0, 0.05) is 24.6 Å². The first kappa shape index (κ1) is 25.9. The van der Waals surface area contributed by atoms with Crippen molar-refractivity contribution in [1.82, 2.24) is 9.88 Å². The molecular formula is C24H24F4N4O3. The minimum Gasteiger partial charge on any atom is -0.343 e. The minimum atomic E-state index is -4.94. The van der Waals surface area contributed by atoms with Crippen molar-refractivity contribution in [3.05, 3.63) is 63.7 Å². The van der Waals surface area contributed by atoms with Crippen LogP contribution in [-0.2, 0) is 18.0 Å². The molecule has 0 spiro atoms. The van der Waals surface area contributed by atoms with E-state index in [0.29, 0.717) is 24.4 Å². The molecule has 7 nitrogen and oxygen atoms in total. The number of aliphatic imine (C=N–C) groups is 1. The van der Waals surface area contributed by atoms with Crippen molar-refractivity contribution in [1.29, 1.82) is 0 Å². The average Bonchev–Trinajstić information content (AvgIpc) is 3.36. The molecule has 2 aromatic rings. The topological polar surface area (TPSA) is 92.6 Å². The van der Waals surface area contributed by atoms with Gasteiger partial charge in [-0.3, -0.25) is 19.4 Å². The zero-order valence-electron chi connectivity index (χ0n) is 19.7. The number of nitrogens with zero attached hydrogens (tertiary/aromatic N) is 2. The number of hydrogen-bond acceptors (Lipinski definition) is 4. The molecule has 0 saturated carbocycles. The maximum atomic E-state index is 13.6. The lowest BCUT2D eigenvalue weighted by atomic mass is 9.94. The molecule has 1 aromatic heterocycles. The Labute approximate surface area is 198 Å². The third-order valence-corrected chi connectivity index (χ3v) is 5.90. The summed E-state index contributed by atoms with van der Waals surface area (Å²) in [4.78, 5) is 42.8. The fourth-order valence-corrected chi connectivity index (χ4v) is 3.94. The molecule has 0 bridgehead atoms. The molecule has 1 aliphatic rings. The Morgan fingerprint density at radius 3 is 2.34 bits per heavy atom. The van der Waals surface area contributed by atoms with Crippen molar-refractivity contribution in [2.75, 3.05) is 11.9 Å². The lowest BCUT2D eigenvalue weighted by Gasteiger charge is -2.26. The molecule has 0 fully saturated rings. The van der Waals surface area contributed by atoms with E-state index in [1.54, 1.807) is 27.0 Å². The lowest BCUT2D eigenvalue weighted by molar-refractivity contribution is -0.140. The molecule has 2 N–H and O–H groups in total. The molecule has 0 radical (unpaired) electrons. The van der Waals surface area contributed by atoms with E-state index in [1.807, 2.05) is 6.08 Å². The molecule has 0 unspecified atom stereocenters. The SMILES string of the molecule is Cc1c(C(=O)C(=O)NC(C)(C)C2=CCN=C2)c(C)n(C)c1C(=O)Nc1ccc(F)c(C(F)(F)F)c1. The van der Waals surface area contributed by atoms with Crippen molar-refractivity contribution < 1.29 is 31.9 Å². The number of nitrogens with one attached hydrogen (secondary N) is 2. The van der Waals surface area contributed by atoms with E-state index < -0.39 is 40.7 Å². The van der Waals surface area contributed by atoms with Crippen molar-refractivity contribution in [2.45, 2.75) is 39.4 Å². The maximum absolute atomic E-state index is 13.6. The predicted octanol–water partition coefficient (Wildman–Crippen LogP) is 4.14. The highest BCUT2D eigenvalue weighted by Gasteiger charge is 2.35. The quantitative estimate of drug-likeness (QED) is 0.361. The second kappa shape index (κ2) is 9.12. The first-order chi connectivity index (χ1) is 16.1. The van der Waals surface area contributed by atoms with Crippen molar-refractivity contribution in [2.24, 2.45) is 12.0 Å². The summed E-state index contributed by atoms with van der Waals surface area (Å²) >= 11 is 0. The Morgan fingerprint density at radius 1 is 1.11 bits per heavy atom. The van der Waals surface area contributed by atoms with E-state index in [9.17, 15) is 31.9 Å². The molecule has 0 aliphatic carbocycles. The number of anilines is 1. The van der Waals surface area contributed by atoms with Crippen molar-refractivity contribution in [3.63, 3.8) is 0 Å². The van der Waals surface area contributed by atoms with Gasteiger partial charge in [-0.2, -0.15) is 13.2 Å². The molecule has 0 atom stereocenters. The Hall–Kier alpha value is -3.76. The highest BCUT2D eigenvalue weighted by Crippen LogP contribution is 2.33. The Bertz CT molecular complexity index is 1290. The van der Waals surface area contributed by atoms with Gasteiger partial charge in [-0.25, -0.2) is 4.39 Å². The smallest absolute Gasteiger partial charge is 0.343 e. The van der Waals surface area contributed by atoms with E-state index >= 15 is 0 Å². The van der Waals surface area contributed by atoms with Gasteiger partial charge in [0.1, 0.15) is 11.5 Å².